The zero-order valence-corrected chi connectivity index (χ0v) is 7.74. The number of hydrogen-bond donors (Lipinski definition) is 2. The highest BCUT2D eigenvalue weighted by Gasteiger charge is 2.29. The van der Waals surface area contributed by atoms with Crippen molar-refractivity contribution < 1.29 is 14.7 Å². The summed E-state index contributed by atoms with van der Waals surface area (Å²) < 4.78 is 0. The van der Waals surface area contributed by atoms with Crippen molar-refractivity contribution >= 4 is 5.97 Å². The van der Waals surface area contributed by atoms with E-state index in [9.17, 15) is 4.79 Å². The monoisotopic (exact) mass is 187 g/mol. The van der Waals surface area contributed by atoms with Crippen LogP contribution in [-0.4, -0.2) is 17.7 Å². The van der Waals surface area contributed by atoms with Crippen LogP contribution in [0.2, 0.25) is 0 Å². The fourth-order valence-corrected chi connectivity index (χ4v) is 2.05. The van der Waals surface area contributed by atoms with Crippen molar-refractivity contribution in [2.75, 3.05) is 6.61 Å². The third-order valence-corrected chi connectivity index (χ3v) is 2.81. The highest BCUT2D eigenvalue weighted by molar-refractivity contribution is 5.70. The second kappa shape index (κ2) is 5.19. The normalized spacial score (nSPS) is 21.3. The number of rotatable bonds is 4. The van der Waals surface area contributed by atoms with E-state index in [2.05, 4.69) is 4.84 Å². The molecular formula is C9H17NO3. The number of nitrogens with two attached hydrogens (primary N) is 1. The molecule has 1 aliphatic rings. The Balaban J connectivity index is 2.46. The molecule has 1 saturated carbocycles. The predicted octanol–water partition coefficient (Wildman–Crippen LogP) is 1.16. The van der Waals surface area contributed by atoms with Crippen molar-refractivity contribution in [1.82, 2.24) is 0 Å². The van der Waals surface area contributed by atoms with Crippen molar-refractivity contribution in [3.8, 4) is 0 Å². The molecule has 0 bridgehead atoms. The molecule has 13 heavy (non-hydrogen) atoms. The molecule has 4 heteroatoms. The topological polar surface area (TPSA) is 72.5 Å². The van der Waals surface area contributed by atoms with Gasteiger partial charge in [-0.3, -0.25) is 4.79 Å². The molecule has 0 amide bonds. The van der Waals surface area contributed by atoms with E-state index in [-0.39, 0.29) is 12.5 Å². The first-order chi connectivity index (χ1) is 6.25. The SMILES string of the molecule is NOCC(C(=O)O)C1CCCCC1. The highest BCUT2D eigenvalue weighted by Crippen LogP contribution is 2.30. The molecule has 1 rings (SSSR count). The Morgan fingerprint density at radius 3 is 2.54 bits per heavy atom. The number of carbonyl (C=O) groups is 1. The molecule has 0 aromatic heterocycles. The molecular weight excluding hydrogens is 170 g/mol. The maximum atomic E-state index is 10.9. The van der Waals surface area contributed by atoms with Crippen LogP contribution in [0.1, 0.15) is 32.1 Å². The predicted molar refractivity (Wildman–Crippen MR) is 47.8 cm³/mol. The molecule has 0 radical (unpaired) electrons. The average Bonchev–Trinajstić information content (AvgIpc) is 2.15. The molecule has 0 spiro atoms. The maximum absolute atomic E-state index is 10.9. The lowest BCUT2D eigenvalue weighted by Gasteiger charge is -2.26. The van der Waals surface area contributed by atoms with Gasteiger partial charge >= 0.3 is 5.97 Å². The standard InChI is InChI=1S/C9H17NO3/c10-13-6-8(9(11)12)7-4-2-1-3-5-7/h7-8H,1-6,10H2,(H,11,12). The molecule has 0 aromatic carbocycles. The summed E-state index contributed by atoms with van der Waals surface area (Å²) in [5.74, 6) is 3.98. The molecule has 76 valence electrons. The third-order valence-electron chi connectivity index (χ3n) is 2.81. The van der Waals surface area contributed by atoms with Crippen molar-refractivity contribution in [2.24, 2.45) is 17.7 Å². The first-order valence-electron chi connectivity index (χ1n) is 4.80. The Kier molecular flexibility index (Phi) is 4.18. The van der Waals surface area contributed by atoms with Crippen LogP contribution in [0.15, 0.2) is 0 Å². The summed E-state index contributed by atoms with van der Waals surface area (Å²) in [5.41, 5.74) is 0. The summed E-state index contributed by atoms with van der Waals surface area (Å²) in [6.07, 6.45) is 5.50. The second-order valence-corrected chi connectivity index (χ2v) is 3.68. The minimum atomic E-state index is -0.780. The lowest BCUT2D eigenvalue weighted by Crippen LogP contribution is -2.30. The summed E-state index contributed by atoms with van der Waals surface area (Å²) in [4.78, 5) is 15.3. The molecule has 0 aliphatic heterocycles. The molecule has 1 unspecified atom stereocenters. The lowest BCUT2D eigenvalue weighted by atomic mass is 9.80. The zero-order valence-electron chi connectivity index (χ0n) is 7.74. The van der Waals surface area contributed by atoms with E-state index in [4.69, 9.17) is 11.0 Å². The van der Waals surface area contributed by atoms with Gasteiger partial charge < -0.3 is 9.94 Å². The van der Waals surface area contributed by atoms with E-state index in [1.807, 2.05) is 0 Å². The van der Waals surface area contributed by atoms with E-state index in [0.717, 1.165) is 25.7 Å². The number of aliphatic carboxylic acids is 1. The Labute approximate surface area is 78.0 Å². The molecule has 1 atom stereocenters. The van der Waals surface area contributed by atoms with Crippen molar-refractivity contribution in [3.63, 3.8) is 0 Å². The fourth-order valence-electron chi connectivity index (χ4n) is 2.05. The van der Waals surface area contributed by atoms with Gasteiger partial charge in [-0.2, -0.15) is 0 Å². The van der Waals surface area contributed by atoms with Gasteiger partial charge in [-0.05, 0) is 18.8 Å². The summed E-state index contributed by atoms with van der Waals surface area (Å²) >= 11 is 0. The minimum absolute atomic E-state index is 0.139. The minimum Gasteiger partial charge on any atom is -0.481 e. The van der Waals surface area contributed by atoms with Gasteiger partial charge in [-0.25, -0.2) is 5.90 Å². The molecule has 3 N–H and O–H groups in total. The van der Waals surface area contributed by atoms with Crippen LogP contribution >= 0.6 is 0 Å². The van der Waals surface area contributed by atoms with Crippen molar-refractivity contribution in [1.29, 1.82) is 0 Å². The van der Waals surface area contributed by atoms with E-state index < -0.39 is 11.9 Å². The summed E-state index contributed by atoms with van der Waals surface area (Å²) in [5, 5.41) is 8.92. The van der Waals surface area contributed by atoms with Gasteiger partial charge in [0, 0.05) is 0 Å². The van der Waals surface area contributed by atoms with Crippen LogP contribution in [0.4, 0.5) is 0 Å². The van der Waals surface area contributed by atoms with E-state index in [1.54, 1.807) is 0 Å². The molecule has 4 nitrogen and oxygen atoms in total. The lowest BCUT2D eigenvalue weighted by molar-refractivity contribution is -0.147. The maximum Gasteiger partial charge on any atom is 0.309 e. The molecule has 1 aliphatic carbocycles. The van der Waals surface area contributed by atoms with Crippen LogP contribution in [0.3, 0.4) is 0 Å². The van der Waals surface area contributed by atoms with Gasteiger partial charge in [0.1, 0.15) is 0 Å². The number of hydrogen-bond acceptors (Lipinski definition) is 3. The summed E-state index contributed by atoms with van der Waals surface area (Å²) in [6.45, 7) is 0.139. The van der Waals surface area contributed by atoms with Gasteiger partial charge in [0.15, 0.2) is 0 Å². The van der Waals surface area contributed by atoms with Gasteiger partial charge in [-0.1, -0.05) is 19.3 Å². The largest absolute Gasteiger partial charge is 0.481 e. The van der Waals surface area contributed by atoms with Crippen LogP contribution in [-0.2, 0) is 9.63 Å². The van der Waals surface area contributed by atoms with Gasteiger partial charge in [-0.15, -0.1) is 0 Å². The third kappa shape index (κ3) is 2.97. The Morgan fingerprint density at radius 2 is 2.08 bits per heavy atom. The summed E-state index contributed by atoms with van der Waals surface area (Å²) in [7, 11) is 0. The quantitative estimate of drug-likeness (QED) is 0.648. The molecule has 1 fully saturated rings. The number of carboxylic acids is 1. The van der Waals surface area contributed by atoms with Gasteiger partial charge in [0.05, 0.1) is 12.5 Å². The first kappa shape index (κ1) is 10.5. The van der Waals surface area contributed by atoms with E-state index >= 15 is 0 Å². The Bertz CT molecular complexity index is 166. The average molecular weight is 187 g/mol. The first-order valence-corrected chi connectivity index (χ1v) is 4.80. The second-order valence-electron chi connectivity index (χ2n) is 3.68. The van der Waals surface area contributed by atoms with Crippen LogP contribution in [0.25, 0.3) is 0 Å². The van der Waals surface area contributed by atoms with Gasteiger partial charge in [0.2, 0.25) is 0 Å². The Hall–Kier alpha value is -0.610. The van der Waals surface area contributed by atoms with Crippen molar-refractivity contribution in [2.45, 2.75) is 32.1 Å². The number of carboxylic acid groups (broad SMARTS) is 1. The fraction of sp³-hybridized carbons (Fsp3) is 0.889. The van der Waals surface area contributed by atoms with Crippen LogP contribution < -0.4 is 5.90 Å². The molecule has 0 heterocycles. The van der Waals surface area contributed by atoms with E-state index in [0.29, 0.717) is 0 Å². The zero-order chi connectivity index (χ0) is 9.68. The van der Waals surface area contributed by atoms with Crippen LogP contribution in [0, 0.1) is 11.8 Å². The Morgan fingerprint density at radius 1 is 1.46 bits per heavy atom. The molecule has 0 aromatic rings. The summed E-state index contributed by atoms with van der Waals surface area (Å²) in [6, 6.07) is 0. The van der Waals surface area contributed by atoms with Gasteiger partial charge in [0.25, 0.3) is 0 Å². The van der Waals surface area contributed by atoms with E-state index in [1.165, 1.54) is 6.42 Å². The van der Waals surface area contributed by atoms with Crippen LogP contribution in [0.5, 0.6) is 0 Å². The molecule has 0 saturated heterocycles. The smallest absolute Gasteiger partial charge is 0.309 e. The van der Waals surface area contributed by atoms with Crippen molar-refractivity contribution in [3.05, 3.63) is 0 Å². The highest BCUT2D eigenvalue weighted by atomic mass is 16.6.